The van der Waals surface area contributed by atoms with Crippen LogP contribution in [0.3, 0.4) is 0 Å². The number of carbonyl (C=O) groups excluding carboxylic acids is 1. The normalized spacial score (nSPS) is 12.6. The van der Waals surface area contributed by atoms with E-state index in [1.165, 1.54) is 0 Å². The lowest BCUT2D eigenvalue weighted by Crippen LogP contribution is -2.34. The molecule has 0 aliphatic heterocycles. The zero-order valence-electron chi connectivity index (χ0n) is 7.09. The lowest BCUT2D eigenvalue weighted by atomic mass is 10.2. The van der Waals surface area contributed by atoms with Crippen molar-refractivity contribution in [1.29, 1.82) is 0 Å². The van der Waals surface area contributed by atoms with Crippen LogP contribution in [-0.2, 0) is 4.79 Å². The maximum atomic E-state index is 11.0. The summed E-state index contributed by atoms with van der Waals surface area (Å²) in [5.74, 6) is 0.960. The summed E-state index contributed by atoms with van der Waals surface area (Å²) in [6, 6.07) is 0. The van der Waals surface area contributed by atoms with Crippen molar-refractivity contribution in [3.8, 4) is 0 Å². The molecule has 0 aliphatic rings. The molecule has 1 unspecified atom stereocenters. The van der Waals surface area contributed by atoms with E-state index in [0.717, 1.165) is 12.3 Å². The van der Waals surface area contributed by atoms with Crippen LogP contribution in [0.2, 0.25) is 0 Å². The van der Waals surface area contributed by atoms with Crippen LogP contribution in [0, 0.1) is 5.92 Å². The standard InChI is InChI=1S/C7H16N2OS/c1-6(5-8)7(10)9-3-4-11-2/h6H,3-5,8H2,1-2H3,(H,9,10). The summed E-state index contributed by atoms with van der Waals surface area (Å²) in [4.78, 5) is 11.0. The molecule has 11 heavy (non-hydrogen) atoms. The van der Waals surface area contributed by atoms with Crippen LogP contribution in [0.5, 0.6) is 0 Å². The highest BCUT2D eigenvalue weighted by Crippen LogP contribution is 1.91. The second-order valence-electron chi connectivity index (χ2n) is 2.42. The van der Waals surface area contributed by atoms with E-state index in [-0.39, 0.29) is 11.8 Å². The van der Waals surface area contributed by atoms with Gasteiger partial charge in [0.2, 0.25) is 5.91 Å². The van der Waals surface area contributed by atoms with Crippen LogP contribution < -0.4 is 11.1 Å². The number of rotatable bonds is 5. The fourth-order valence-corrected chi connectivity index (χ4v) is 0.864. The fraction of sp³-hybridized carbons (Fsp3) is 0.857. The van der Waals surface area contributed by atoms with Gasteiger partial charge in [-0.15, -0.1) is 0 Å². The third kappa shape index (κ3) is 5.09. The largest absolute Gasteiger partial charge is 0.355 e. The maximum Gasteiger partial charge on any atom is 0.224 e. The second kappa shape index (κ2) is 6.49. The Labute approximate surface area is 72.1 Å². The van der Waals surface area contributed by atoms with Crippen molar-refractivity contribution in [3.05, 3.63) is 0 Å². The van der Waals surface area contributed by atoms with Crippen LogP contribution in [-0.4, -0.2) is 31.0 Å². The first kappa shape index (κ1) is 10.8. The summed E-state index contributed by atoms with van der Waals surface area (Å²) >= 11 is 1.72. The molecule has 0 aromatic rings. The van der Waals surface area contributed by atoms with Crippen LogP contribution in [0.4, 0.5) is 0 Å². The highest BCUT2D eigenvalue weighted by molar-refractivity contribution is 7.98. The molecule has 0 saturated heterocycles. The Morgan fingerprint density at radius 1 is 1.73 bits per heavy atom. The molecular formula is C7H16N2OS. The smallest absolute Gasteiger partial charge is 0.224 e. The molecule has 0 radical (unpaired) electrons. The average Bonchev–Trinajstić information content (AvgIpc) is 2.03. The Hall–Kier alpha value is -0.220. The van der Waals surface area contributed by atoms with Gasteiger partial charge in [-0.2, -0.15) is 11.8 Å². The minimum atomic E-state index is -0.0585. The first-order valence-corrected chi connectivity index (χ1v) is 5.08. The molecular weight excluding hydrogens is 160 g/mol. The van der Waals surface area contributed by atoms with Crippen molar-refractivity contribution in [2.75, 3.05) is 25.1 Å². The summed E-state index contributed by atoms with van der Waals surface area (Å²) in [6.45, 7) is 2.99. The van der Waals surface area contributed by atoms with Gasteiger partial charge < -0.3 is 11.1 Å². The summed E-state index contributed by atoms with van der Waals surface area (Å²) in [5.41, 5.74) is 5.31. The molecule has 1 amide bonds. The van der Waals surface area contributed by atoms with Gasteiger partial charge in [-0.1, -0.05) is 6.92 Å². The molecule has 0 heterocycles. The molecule has 4 heteroatoms. The van der Waals surface area contributed by atoms with Gasteiger partial charge in [0, 0.05) is 24.8 Å². The summed E-state index contributed by atoms with van der Waals surface area (Å²) in [5, 5.41) is 2.79. The lowest BCUT2D eigenvalue weighted by Gasteiger charge is -2.08. The van der Waals surface area contributed by atoms with Crippen LogP contribution >= 0.6 is 11.8 Å². The van der Waals surface area contributed by atoms with Crippen molar-refractivity contribution >= 4 is 17.7 Å². The van der Waals surface area contributed by atoms with Crippen LogP contribution in [0.15, 0.2) is 0 Å². The van der Waals surface area contributed by atoms with Gasteiger partial charge in [-0.3, -0.25) is 4.79 Å². The first-order chi connectivity index (χ1) is 5.22. The van der Waals surface area contributed by atoms with Crippen molar-refractivity contribution in [2.45, 2.75) is 6.92 Å². The van der Waals surface area contributed by atoms with Crippen molar-refractivity contribution < 1.29 is 4.79 Å². The molecule has 0 spiro atoms. The topological polar surface area (TPSA) is 55.1 Å². The van der Waals surface area contributed by atoms with E-state index in [2.05, 4.69) is 5.32 Å². The highest BCUT2D eigenvalue weighted by atomic mass is 32.2. The molecule has 3 N–H and O–H groups in total. The van der Waals surface area contributed by atoms with E-state index in [1.54, 1.807) is 11.8 Å². The highest BCUT2D eigenvalue weighted by Gasteiger charge is 2.08. The predicted octanol–water partition coefficient (Wildman–Crippen LogP) is 0.0604. The van der Waals surface area contributed by atoms with Gasteiger partial charge in [0.25, 0.3) is 0 Å². The van der Waals surface area contributed by atoms with Crippen molar-refractivity contribution in [3.63, 3.8) is 0 Å². The van der Waals surface area contributed by atoms with Crippen molar-refractivity contribution in [2.24, 2.45) is 11.7 Å². The van der Waals surface area contributed by atoms with E-state index in [4.69, 9.17) is 5.73 Å². The summed E-state index contributed by atoms with van der Waals surface area (Å²) in [6.07, 6.45) is 2.01. The predicted molar refractivity (Wildman–Crippen MR) is 49.6 cm³/mol. The maximum absolute atomic E-state index is 11.0. The minimum Gasteiger partial charge on any atom is -0.355 e. The first-order valence-electron chi connectivity index (χ1n) is 3.69. The average molecular weight is 176 g/mol. The molecule has 0 saturated carbocycles. The second-order valence-corrected chi connectivity index (χ2v) is 3.41. The summed E-state index contributed by atoms with van der Waals surface area (Å²) < 4.78 is 0. The number of amides is 1. The Morgan fingerprint density at radius 3 is 2.82 bits per heavy atom. The van der Waals surface area contributed by atoms with E-state index in [9.17, 15) is 4.79 Å². The molecule has 66 valence electrons. The van der Waals surface area contributed by atoms with Gasteiger partial charge in [0.15, 0.2) is 0 Å². The number of hydrogen-bond donors (Lipinski definition) is 2. The molecule has 0 bridgehead atoms. The molecule has 3 nitrogen and oxygen atoms in total. The molecule has 0 aromatic heterocycles. The minimum absolute atomic E-state index is 0.0570. The number of hydrogen-bond acceptors (Lipinski definition) is 3. The summed E-state index contributed by atoms with van der Waals surface area (Å²) in [7, 11) is 0. The Kier molecular flexibility index (Phi) is 6.36. The van der Waals surface area contributed by atoms with Gasteiger partial charge in [0.1, 0.15) is 0 Å². The quantitative estimate of drug-likeness (QED) is 0.582. The van der Waals surface area contributed by atoms with Gasteiger partial charge in [-0.25, -0.2) is 0 Å². The molecule has 1 atom stereocenters. The monoisotopic (exact) mass is 176 g/mol. The van der Waals surface area contributed by atoms with Gasteiger partial charge >= 0.3 is 0 Å². The fourth-order valence-electron chi connectivity index (χ4n) is 0.558. The lowest BCUT2D eigenvalue weighted by molar-refractivity contribution is -0.124. The van der Waals surface area contributed by atoms with Gasteiger partial charge in [0.05, 0.1) is 0 Å². The SMILES string of the molecule is CSCCNC(=O)C(C)CN. The Balaban J connectivity index is 3.36. The van der Waals surface area contributed by atoms with E-state index in [1.807, 2.05) is 13.2 Å². The number of nitrogens with one attached hydrogen (secondary N) is 1. The zero-order chi connectivity index (χ0) is 8.69. The van der Waals surface area contributed by atoms with E-state index in [0.29, 0.717) is 6.54 Å². The van der Waals surface area contributed by atoms with Gasteiger partial charge in [-0.05, 0) is 6.26 Å². The van der Waals surface area contributed by atoms with E-state index >= 15 is 0 Å². The third-order valence-electron chi connectivity index (χ3n) is 1.41. The molecule has 0 aromatic carbocycles. The third-order valence-corrected chi connectivity index (χ3v) is 2.02. The number of nitrogens with two attached hydrogens (primary N) is 1. The molecule has 0 fully saturated rings. The van der Waals surface area contributed by atoms with Crippen LogP contribution in [0.25, 0.3) is 0 Å². The van der Waals surface area contributed by atoms with Crippen LogP contribution in [0.1, 0.15) is 6.92 Å². The number of carbonyl (C=O) groups is 1. The Morgan fingerprint density at radius 2 is 2.36 bits per heavy atom. The molecule has 0 aliphatic carbocycles. The Bertz CT molecular complexity index is 119. The van der Waals surface area contributed by atoms with E-state index < -0.39 is 0 Å². The van der Waals surface area contributed by atoms with Crippen molar-refractivity contribution in [1.82, 2.24) is 5.32 Å². The number of thioether (sulfide) groups is 1. The molecule has 0 rings (SSSR count). The zero-order valence-corrected chi connectivity index (χ0v) is 7.91.